The first kappa shape index (κ1) is 26.5. The van der Waals surface area contributed by atoms with Gasteiger partial charge in [0, 0.05) is 41.7 Å². The van der Waals surface area contributed by atoms with E-state index in [0.717, 1.165) is 53.0 Å². The number of likely N-dealkylation sites (tertiary alicyclic amines) is 1. The Kier molecular flexibility index (Phi) is 8.18. The molecule has 38 heavy (non-hydrogen) atoms. The highest BCUT2D eigenvalue weighted by molar-refractivity contribution is 6.36. The minimum Gasteiger partial charge on any atom is -0.493 e. The second-order valence-electron chi connectivity index (χ2n) is 9.46. The second kappa shape index (κ2) is 11.7. The van der Waals surface area contributed by atoms with Crippen LogP contribution in [0.15, 0.2) is 66.2 Å². The average Bonchev–Trinajstić information content (AvgIpc) is 3.09. The van der Waals surface area contributed by atoms with Gasteiger partial charge >= 0.3 is 5.97 Å². The summed E-state index contributed by atoms with van der Waals surface area (Å²) in [5.74, 6) is 0.209. The molecular formula is C31H28Cl2FNO3. The summed E-state index contributed by atoms with van der Waals surface area (Å²) in [6.07, 6.45) is 3.41. The number of halogens is 3. The van der Waals surface area contributed by atoms with Crippen molar-refractivity contribution in [3.63, 3.8) is 0 Å². The van der Waals surface area contributed by atoms with Crippen molar-refractivity contribution in [2.75, 3.05) is 40.0 Å². The highest BCUT2D eigenvalue weighted by Crippen LogP contribution is 2.43. The van der Waals surface area contributed by atoms with E-state index in [4.69, 9.17) is 32.7 Å². The molecule has 0 atom stereocenters. The maximum Gasteiger partial charge on any atom is 0.337 e. The Morgan fingerprint density at radius 1 is 1.05 bits per heavy atom. The number of alkyl halides is 1. The molecule has 1 fully saturated rings. The van der Waals surface area contributed by atoms with Crippen LogP contribution in [0.4, 0.5) is 4.39 Å². The number of fused-ring (bicyclic) bond motifs is 1. The predicted octanol–water partition coefficient (Wildman–Crippen LogP) is 7.58. The first-order valence-electron chi connectivity index (χ1n) is 12.6. The molecule has 0 bridgehead atoms. The van der Waals surface area contributed by atoms with Crippen LogP contribution in [-0.2, 0) is 4.74 Å². The molecule has 1 saturated heterocycles. The van der Waals surface area contributed by atoms with Crippen molar-refractivity contribution in [3.05, 3.63) is 104 Å². The number of benzene rings is 3. The lowest BCUT2D eigenvalue weighted by Gasteiger charge is -2.33. The normalized spacial score (nSPS) is 15.3. The fraction of sp³-hybridized carbons (Fsp3) is 0.258. The van der Waals surface area contributed by atoms with E-state index in [0.29, 0.717) is 40.8 Å². The molecule has 0 spiro atoms. The Balaban J connectivity index is 1.55. The minimum absolute atomic E-state index is 0.270. The van der Waals surface area contributed by atoms with Gasteiger partial charge in [-0.1, -0.05) is 59.6 Å². The van der Waals surface area contributed by atoms with Crippen LogP contribution >= 0.6 is 23.2 Å². The third kappa shape index (κ3) is 5.65. The number of hydrogen-bond acceptors (Lipinski definition) is 4. The summed E-state index contributed by atoms with van der Waals surface area (Å²) < 4.78 is 23.5. The van der Waals surface area contributed by atoms with Crippen LogP contribution < -0.4 is 4.74 Å². The van der Waals surface area contributed by atoms with Crippen LogP contribution in [-0.4, -0.2) is 50.9 Å². The number of nitrogens with zero attached hydrogens (tertiary/aromatic N) is 1. The summed E-state index contributed by atoms with van der Waals surface area (Å²) in [7, 11) is 1.36. The van der Waals surface area contributed by atoms with Crippen LogP contribution in [0.25, 0.3) is 17.2 Å². The zero-order valence-corrected chi connectivity index (χ0v) is 22.6. The Morgan fingerprint density at radius 2 is 1.82 bits per heavy atom. The van der Waals surface area contributed by atoms with Crippen molar-refractivity contribution < 1.29 is 18.7 Å². The van der Waals surface area contributed by atoms with Crippen molar-refractivity contribution in [1.82, 2.24) is 4.90 Å². The highest BCUT2D eigenvalue weighted by Gasteiger charge is 2.24. The summed E-state index contributed by atoms with van der Waals surface area (Å²) in [6, 6.07) is 19.3. The number of esters is 1. The molecule has 4 nitrogen and oxygen atoms in total. The monoisotopic (exact) mass is 551 g/mol. The lowest BCUT2D eigenvalue weighted by molar-refractivity contribution is 0.0600. The Labute approximate surface area is 232 Å². The first-order chi connectivity index (χ1) is 18.5. The molecule has 3 aromatic rings. The van der Waals surface area contributed by atoms with E-state index >= 15 is 0 Å². The quantitative estimate of drug-likeness (QED) is 0.283. The van der Waals surface area contributed by atoms with E-state index in [-0.39, 0.29) is 6.67 Å². The number of carbonyl (C=O) groups excluding carboxylic acids is 1. The van der Waals surface area contributed by atoms with Crippen molar-refractivity contribution >= 4 is 46.4 Å². The van der Waals surface area contributed by atoms with E-state index in [2.05, 4.69) is 35.2 Å². The van der Waals surface area contributed by atoms with Gasteiger partial charge in [0.25, 0.3) is 0 Å². The first-order valence-corrected chi connectivity index (χ1v) is 13.3. The molecule has 2 aliphatic heterocycles. The molecule has 0 amide bonds. The molecule has 3 aromatic carbocycles. The number of methoxy groups -OCH3 is 1. The fourth-order valence-electron chi connectivity index (χ4n) is 5.02. The molecule has 0 unspecified atom stereocenters. The van der Waals surface area contributed by atoms with Gasteiger partial charge in [-0.15, -0.1) is 0 Å². The molecule has 0 radical (unpaired) electrons. The Bertz CT molecular complexity index is 1410. The van der Waals surface area contributed by atoms with Gasteiger partial charge in [-0.25, -0.2) is 4.79 Å². The number of ether oxygens (including phenoxy) is 2. The van der Waals surface area contributed by atoms with Gasteiger partial charge in [-0.2, -0.15) is 0 Å². The van der Waals surface area contributed by atoms with Gasteiger partial charge in [0.15, 0.2) is 0 Å². The maximum absolute atomic E-state index is 12.4. The van der Waals surface area contributed by atoms with Crippen molar-refractivity contribution in [1.29, 1.82) is 0 Å². The standard InChI is InChI=1S/C31H28Cl2FNO3/c1-37-31(36)23-7-9-27-29(16-23)38-14-11-26(25-10-8-24(32)17-28(25)33)30(27)22-5-3-20(4-6-22)15-21-18-35(19-21)13-2-12-34/h3-10,15-17H,2,11-14,18-19H2,1H3. The van der Waals surface area contributed by atoms with E-state index in [1.54, 1.807) is 18.2 Å². The minimum atomic E-state index is -0.413. The second-order valence-corrected chi connectivity index (χ2v) is 10.3. The molecule has 0 N–H and O–H groups in total. The van der Waals surface area contributed by atoms with Gasteiger partial charge in [-0.05, 0) is 70.2 Å². The SMILES string of the molecule is COC(=O)c1ccc2c(c1)OCCC(c1ccc(Cl)cc1Cl)=C2c1ccc(C=C2CN(CCCF)C2)cc1. The average molecular weight is 552 g/mol. The zero-order valence-electron chi connectivity index (χ0n) is 21.1. The third-order valence-electron chi connectivity index (χ3n) is 6.87. The summed E-state index contributed by atoms with van der Waals surface area (Å²) in [5, 5.41) is 1.15. The number of carbonyl (C=O) groups is 1. The lowest BCUT2D eigenvalue weighted by Crippen LogP contribution is -2.40. The lowest BCUT2D eigenvalue weighted by atomic mass is 9.87. The predicted molar refractivity (Wildman–Crippen MR) is 152 cm³/mol. The van der Waals surface area contributed by atoms with Gasteiger partial charge in [-0.3, -0.25) is 9.29 Å². The molecule has 2 heterocycles. The van der Waals surface area contributed by atoms with E-state index in [1.165, 1.54) is 12.7 Å². The van der Waals surface area contributed by atoms with Crippen molar-refractivity contribution in [3.8, 4) is 5.75 Å². The molecule has 0 aliphatic carbocycles. The summed E-state index contributed by atoms with van der Waals surface area (Å²) in [5.41, 5.74) is 7.73. The van der Waals surface area contributed by atoms with Gasteiger partial charge < -0.3 is 9.47 Å². The van der Waals surface area contributed by atoms with Crippen LogP contribution in [0.2, 0.25) is 10.0 Å². The topological polar surface area (TPSA) is 38.8 Å². The van der Waals surface area contributed by atoms with E-state index < -0.39 is 5.97 Å². The smallest absolute Gasteiger partial charge is 0.337 e. The zero-order chi connectivity index (χ0) is 26.6. The largest absolute Gasteiger partial charge is 0.493 e. The fourth-order valence-corrected chi connectivity index (χ4v) is 5.54. The Morgan fingerprint density at radius 3 is 2.53 bits per heavy atom. The summed E-state index contributed by atoms with van der Waals surface area (Å²) in [6.45, 7) is 2.74. The molecule has 5 rings (SSSR count). The summed E-state index contributed by atoms with van der Waals surface area (Å²) >= 11 is 12.9. The molecular weight excluding hydrogens is 524 g/mol. The molecule has 2 aliphatic rings. The molecule has 7 heteroatoms. The van der Waals surface area contributed by atoms with Gasteiger partial charge in [0.05, 0.1) is 26.0 Å². The van der Waals surface area contributed by atoms with Crippen LogP contribution in [0.3, 0.4) is 0 Å². The highest BCUT2D eigenvalue weighted by atomic mass is 35.5. The molecule has 0 aromatic heterocycles. The molecule has 196 valence electrons. The van der Waals surface area contributed by atoms with Crippen LogP contribution in [0, 0.1) is 0 Å². The van der Waals surface area contributed by atoms with Crippen molar-refractivity contribution in [2.45, 2.75) is 12.8 Å². The van der Waals surface area contributed by atoms with Gasteiger partial charge in [0.2, 0.25) is 0 Å². The molecule has 0 saturated carbocycles. The van der Waals surface area contributed by atoms with E-state index in [1.807, 2.05) is 18.2 Å². The van der Waals surface area contributed by atoms with Crippen molar-refractivity contribution in [2.24, 2.45) is 0 Å². The van der Waals surface area contributed by atoms with Crippen LogP contribution in [0.5, 0.6) is 5.75 Å². The third-order valence-corrected chi connectivity index (χ3v) is 7.42. The maximum atomic E-state index is 12.4. The number of rotatable bonds is 7. The Hall–Kier alpha value is -3.12. The summed E-state index contributed by atoms with van der Waals surface area (Å²) in [4.78, 5) is 14.4. The number of hydrogen-bond donors (Lipinski definition) is 0. The van der Waals surface area contributed by atoms with Crippen LogP contribution in [0.1, 0.15) is 45.5 Å². The van der Waals surface area contributed by atoms with Gasteiger partial charge in [0.1, 0.15) is 5.75 Å². The van der Waals surface area contributed by atoms with E-state index in [9.17, 15) is 9.18 Å².